The average Bonchev–Trinajstić information content (AvgIpc) is 3.02. The van der Waals surface area contributed by atoms with Gasteiger partial charge in [0.25, 0.3) is 0 Å². The fraction of sp³-hybridized carbons (Fsp3) is 0.286. The Morgan fingerprint density at radius 2 is 2.00 bits per heavy atom. The van der Waals surface area contributed by atoms with Crippen LogP contribution in [-0.4, -0.2) is 16.9 Å². The van der Waals surface area contributed by atoms with Crippen LogP contribution in [0, 0.1) is 0 Å². The summed E-state index contributed by atoms with van der Waals surface area (Å²) in [5, 5.41) is 4.94. The predicted molar refractivity (Wildman–Crippen MR) is 104 cm³/mol. The molecular weight excluding hydrogens is 324 g/mol. The maximum absolute atomic E-state index is 6.47. The molecule has 0 aliphatic heterocycles. The van der Waals surface area contributed by atoms with Gasteiger partial charge >= 0.3 is 0 Å². The number of nitrogen functional groups attached to an aromatic ring is 1. The van der Waals surface area contributed by atoms with Gasteiger partial charge in [-0.05, 0) is 49.1 Å². The molecule has 5 nitrogen and oxygen atoms in total. The number of hydrogen-bond acceptors (Lipinski definition) is 4. The smallest absolute Gasteiger partial charge is 0.118 e. The fourth-order valence-electron chi connectivity index (χ4n) is 3.73. The Balaban J connectivity index is 1.76. The molecular formula is C21H24N4O. The van der Waals surface area contributed by atoms with E-state index in [-0.39, 0.29) is 6.04 Å². The first-order valence-corrected chi connectivity index (χ1v) is 8.99. The van der Waals surface area contributed by atoms with Crippen LogP contribution in [0.1, 0.15) is 35.7 Å². The van der Waals surface area contributed by atoms with Gasteiger partial charge in [0.15, 0.2) is 0 Å². The van der Waals surface area contributed by atoms with Crippen LogP contribution in [0.2, 0.25) is 0 Å². The van der Waals surface area contributed by atoms with Gasteiger partial charge in [-0.15, -0.1) is 0 Å². The van der Waals surface area contributed by atoms with Crippen molar-refractivity contribution in [1.82, 2.24) is 9.78 Å². The van der Waals surface area contributed by atoms with Crippen LogP contribution < -0.4 is 16.2 Å². The molecule has 0 fully saturated rings. The van der Waals surface area contributed by atoms with E-state index in [2.05, 4.69) is 22.9 Å². The summed E-state index contributed by atoms with van der Waals surface area (Å²) in [4.78, 5) is 0. The zero-order valence-corrected chi connectivity index (χ0v) is 15.0. The number of nitrogens with two attached hydrogens (primary N) is 2. The van der Waals surface area contributed by atoms with Gasteiger partial charge in [-0.1, -0.05) is 24.3 Å². The Morgan fingerprint density at radius 3 is 2.73 bits per heavy atom. The van der Waals surface area contributed by atoms with Crippen LogP contribution in [0.25, 0.3) is 11.3 Å². The monoisotopic (exact) mass is 348 g/mol. The van der Waals surface area contributed by atoms with E-state index in [1.807, 2.05) is 30.3 Å². The highest BCUT2D eigenvalue weighted by Gasteiger charge is 2.27. The molecule has 134 valence electrons. The minimum atomic E-state index is 0.0276. The van der Waals surface area contributed by atoms with Gasteiger partial charge in [0, 0.05) is 28.6 Å². The molecule has 0 spiro atoms. The van der Waals surface area contributed by atoms with Crippen molar-refractivity contribution in [3.05, 3.63) is 65.4 Å². The molecule has 4 N–H and O–H groups in total. The van der Waals surface area contributed by atoms with Crippen LogP contribution >= 0.6 is 0 Å². The second-order valence-electron chi connectivity index (χ2n) is 6.84. The maximum atomic E-state index is 6.47. The average molecular weight is 348 g/mol. The molecule has 1 aliphatic carbocycles. The number of methoxy groups -OCH3 is 1. The minimum absolute atomic E-state index is 0.0276. The molecule has 0 saturated carbocycles. The molecule has 0 saturated heterocycles. The zero-order chi connectivity index (χ0) is 18.1. The standard InChI is InChI=1S/C21H24N4O/c1-26-17-10-8-14(9-11-17)13-25-19-7-3-6-18(23)20(19)21(24-25)15-4-2-5-16(22)12-15/h2,4-5,8-12,18H,3,6-7,13,22-23H2,1H3. The largest absolute Gasteiger partial charge is 0.497 e. The van der Waals surface area contributed by atoms with Gasteiger partial charge in [0.1, 0.15) is 5.75 Å². The normalized spacial score (nSPS) is 16.3. The summed E-state index contributed by atoms with van der Waals surface area (Å²) in [6.45, 7) is 0.724. The molecule has 2 aromatic carbocycles. The van der Waals surface area contributed by atoms with E-state index in [9.17, 15) is 0 Å². The molecule has 0 amide bonds. The van der Waals surface area contributed by atoms with Gasteiger partial charge < -0.3 is 16.2 Å². The number of ether oxygens (including phenoxy) is 1. The Bertz CT molecular complexity index is 914. The van der Waals surface area contributed by atoms with Crippen molar-refractivity contribution in [3.8, 4) is 17.0 Å². The molecule has 3 aromatic rings. The van der Waals surface area contributed by atoms with E-state index < -0.39 is 0 Å². The highest BCUT2D eigenvalue weighted by atomic mass is 16.5. The topological polar surface area (TPSA) is 79.1 Å². The summed E-state index contributed by atoms with van der Waals surface area (Å²) < 4.78 is 7.35. The lowest BCUT2D eigenvalue weighted by Crippen LogP contribution is -2.19. The van der Waals surface area contributed by atoms with Gasteiger partial charge in [0.05, 0.1) is 19.3 Å². The van der Waals surface area contributed by atoms with E-state index in [4.69, 9.17) is 21.3 Å². The molecule has 1 unspecified atom stereocenters. The number of anilines is 1. The number of fused-ring (bicyclic) bond motifs is 1. The van der Waals surface area contributed by atoms with E-state index in [1.54, 1.807) is 7.11 Å². The minimum Gasteiger partial charge on any atom is -0.497 e. The quantitative estimate of drug-likeness (QED) is 0.707. The number of rotatable bonds is 4. The summed E-state index contributed by atoms with van der Waals surface area (Å²) in [5.41, 5.74) is 18.8. The van der Waals surface area contributed by atoms with Crippen molar-refractivity contribution in [3.63, 3.8) is 0 Å². The van der Waals surface area contributed by atoms with Crippen LogP contribution in [-0.2, 0) is 13.0 Å². The molecule has 1 heterocycles. The number of aromatic nitrogens is 2. The molecule has 1 aromatic heterocycles. The Labute approximate surface area is 153 Å². The highest BCUT2D eigenvalue weighted by molar-refractivity contribution is 5.68. The third kappa shape index (κ3) is 3.06. The molecule has 0 bridgehead atoms. The molecule has 0 radical (unpaired) electrons. The molecule has 1 aliphatic rings. The van der Waals surface area contributed by atoms with E-state index in [1.165, 1.54) is 16.8 Å². The van der Waals surface area contributed by atoms with Crippen LogP contribution in [0.3, 0.4) is 0 Å². The SMILES string of the molecule is COc1ccc(Cn2nc(-c3cccc(N)c3)c3c2CCCC3N)cc1. The van der Waals surface area contributed by atoms with Gasteiger partial charge in [-0.25, -0.2) is 0 Å². The lowest BCUT2D eigenvalue weighted by Gasteiger charge is -2.20. The molecule has 4 rings (SSSR count). The number of hydrogen-bond donors (Lipinski definition) is 2. The number of benzene rings is 2. The molecule has 5 heteroatoms. The number of nitrogens with zero attached hydrogens (tertiary/aromatic N) is 2. The van der Waals surface area contributed by atoms with Gasteiger partial charge in [-0.2, -0.15) is 5.10 Å². The first kappa shape index (κ1) is 16.7. The van der Waals surface area contributed by atoms with Gasteiger partial charge in [-0.3, -0.25) is 4.68 Å². The Morgan fingerprint density at radius 1 is 1.19 bits per heavy atom. The van der Waals surface area contributed by atoms with Crippen LogP contribution in [0.5, 0.6) is 5.75 Å². The van der Waals surface area contributed by atoms with E-state index >= 15 is 0 Å². The first-order valence-electron chi connectivity index (χ1n) is 8.99. The molecule has 1 atom stereocenters. The van der Waals surface area contributed by atoms with Crippen molar-refractivity contribution >= 4 is 5.69 Å². The highest BCUT2D eigenvalue weighted by Crippen LogP contribution is 2.36. The summed E-state index contributed by atoms with van der Waals surface area (Å²) in [6.07, 6.45) is 3.10. The van der Waals surface area contributed by atoms with Crippen molar-refractivity contribution in [2.45, 2.75) is 31.8 Å². The second-order valence-corrected chi connectivity index (χ2v) is 6.84. The van der Waals surface area contributed by atoms with Gasteiger partial charge in [0.2, 0.25) is 0 Å². The lowest BCUT2D eigenvalue weighted by molar-refractivity contribution is 0.414. The van der Waals surface area contributed by atoms with Crippen LogP contribution in [0.4, 0.5) is 5.69 Å². The van der Waals surface area contributed by atoms with E-state index in [0.29, 0.717) is 0 Å². The summed E-state index contributed by atoms with van der Waals surface area (Å²) >= 11 is 0. The Hall–Kier alpha value is -2.79. The fourth-order valence-corrected chi connectivity index (χ4v) is 3.73. The Kier molecular flexibility index (Phi) is 4.39. The van der Waals surface area contributed by atoms with Crippen molar-refractivity contribution in [1.29, 1.82) is 0 Å². The van der Waals surface area contributed by atoms with Crippen molar-refractivity contribution in [2.24, 2.45) is 5.73 Å². The van der Waals surface area contributed by atoms with E-state index in [0.717, 1.165) is 48.5 Å². The second kappa shape index (κ2) is 6.84. The van der Waals surface area contributed by atoms with Crippen molar-refractivity contribution < 1.29 is 4.74 Å². The molecule has 26 heavy (non-hydrogen) atoms. The van der Waals surface area contributed by atoms with Crippen LogP contribution in [0.15, 0.2) is 48.5 Å². The third-order valence-corrected chi connectivity index (χ3v) is 5.05. The first-order chi connectivity index (χ1) is 12.7. The maximum Gasteiger partial charge on any atom is 0.118 e. The summed E-state index contributed by atoms with van der Waals surface area (Å²) in [7, 11) is 1.68. The summed E-state index contributed by atoms with van der Waals surface area (Å²) in [6, 6.07) is 16.0. The summed E-state index contributed by atoms with van der Waals surface area (Å²) in [5.74, 6) is 0.860. The van der Waals surface area contributed by atoms with Crippen molar-refractivity contribution in [2.75, 3.05) is 12.8 Å². The predicted octanol–water partition coefficient (Wildman–Crippen LogP) is 3.53. The lowest BCUT2D eigenvalue weighted by atomic mass is 9.89. The zero-order valence-electron chi connectivity index (χ0n) is 15.0. The third-order valence-electron chi connectivity index (χ3n) is 5.05.